The van der Waals surface area contributed by atoms with Crippen LogP contribution in [-0.4, -0.2) is 44.8 Å². The van der Waals surface area contributed by atoms with E-state index in [4.69, 9.17) is 0 Å². The lowest BCUT2D eigenvalue weighted by molar-refractivity contribution is -0.116. The number of ether oxygens (including phenoxy) is 1. The number of anilines is 1. The number of nitrogens with one attached hydrogen (secondary N) is 1. The van der Waals surface area contributed by atoms with Crippen molar-refractivity contribution in [3.05, 3.63) is 60.2 Å². The number of carbonyl (C=O) groups excluding carboxylic acids is 2. The van der Waals surface area contributed by atoms with E-state index >= 15 is 0 Å². The van der Waals surface area contributed by atoms with Crippen molar-refractivity contribution >= 4 is 27.6 Å². The molecule has 0 aromatic heterocycles. The third-order valence-electron chi connectivity index (χ3n) is 3.64. The molecule has 0 heterocycles. The third kappa shape index (κ3) is 4.68. The number of sulfonamides is 1. The number of hydrogen-bond donors (Lipinski definition) is 1. The van der Waals surface area contributed by atoms with Crippen LogP contribution in [0.25, 0.3) is 0 Å². The number of methoxy groups -OCH3 is 1. The standard InChI is InChI=1S/C18H20N2O5S/c1-3-20(26(23,24)16-7-5-4-6-8-16)13-17(21)19-15-11-9-14(10-12-15)18(22)25-2/h4-12H,3,13H2,1-2H3,(H,19,21). The molecule has 1 N–H and O–H groups in total. The van der Waals surface area contributed by atoms with Crippen LogP contribution >= 0.6 is 0 Å². The molecule has 1 amide bonds. The first-order chi connectivity index (χ1) is 12.4. The maximum Gasteiger partial charge on any atom is 0.337 e. The zero-order chi connectivity index (χ0) is 19.2. The molecule has 138 valence electrons. The van der Waals surface area contributed by atoms with E-state index in [1.165, 1.54) is 31.4 Å². The van der Waals surface area contributed by atoms with Crippen LogP contribution in [-0.2, 0) is 19.6 Å². The largest absolute Gasteiger partial charge is 0.465 e. The van der Waals surface area contributed by atoms with E-state index in [1.807, 2.05) is 0 Å². The molecule has 0 aliphatic carbocycles. The monoisotopic (exact) mass is 376 g/mol. The molecule has 26 heavy (non-hydrogen) atoms. The summed E-state index contributed by atoms with van der Waals surface area (Å²) in [5, 5.41) is 2.62. The Morgan fingerprint density at radius 2 is 1.65 bits per heavy atom. The summed E-state index contributed by atoms with van der Waals surface area (Å²) in [6, 6.07) is 14.1. The Morgan fingerprint density at radius 1 is 1.04 bits per heavy atom. The molecule has 0 atom stereocenters. The molecule has 0 saturated heterocycles. The number of amides is 1. The molecule has 8 heteroatoms. The Morgan fingerprint density at radius 3 is 2.19 bits per heavy atom. The second-order valence-electron chi connectivity index (χ2n) is 5.36. The van der Waals surface area contributed by atoms with Gasteiger partial charge in [-0.05, 0) is 36.4 Å². The van der Waals surface area contributed by atoms with Crippen molar-refractivity contribution < 1.29 is 22.7 Å². The van der Waals surface area contributed by atoms with Gasteiger partial charge >= 0.3 is 5.97 Å². The number of nitrogens with zero attached hydrogens (tertiary/aromatic N) is 1. The Kier molecular flexibility index (Phi) is 6.48. The SMILES string of the molecule is CCN(CC(=O)Nc1ccc(C(=O)OC)cc1)S(=O)(=O)c1ccccc1. The quantitative estimate of drug-likeness (QED) is 0.747. The average Bonchev–Trinajstić information content (AvgIpc) is 2.66. The summed E-state index contributed by atoms with van der Waals surface area (Å²) in [6.45, 7) is 1.51. The highest BCUT2D eigenvalue weighted by Crippen LogP contribution is 2.15. The Bertz CT molecular complexity index is 864. The summed E-state index contributed by atoms with van der Waals surface area (Å²) in [4.78, 5) is 23.8. The minimum atomic E-state index is -3.75. The van der Waals surface area contributed by atoms with Gasteiger partial charge in [0.1, 0.15) is 0 Å². The molecule has 0 radical (unpaired) electrons. The summed E-state index contributed by atoms with van der Waals surface area (Å²) < 4.78 is 30.9. The van der Waals surface area contributed by atoms with Crippen molar-refractivity contribution in [2.45, 2.75) is 11.8 Å². The molecule has 7 nitrogen and oxygen atoms in total. The van der Waals surface area contributed by atoms with E-state index in [0.29, 0.717) is 11.3 Å². The average molecular weight is 376 g/mol. The smallest absolute Gasteiger partial charge is 0.337 e. The number of esters is 1. The molecule has 0 spiro atoms. The molecule has 2 aromatic rings. The minimum absolute atomic E-state index is 0.136. The fraction of sp³-hybridized carbons (Fsp3) is 0.222. The van der Waals surface area contributed by atoms with Gasteiger partial charge in [0.25, 0.3) is 0 Å². The number of hydrogen-bond acceptors (Lipinski definition) is 5. The Hall–Kier alpha value is -2.71. The summed E-state index contributed by atoms with van der Waals surface area (Å²) in [6.07, 6.45) is 0. The second-order valence-corrected chi connectivity index (χ2v) is 7.30. The highest BCUT2D eigenvalue weighted by molar-refractivity contribution is 7.89. The lowest BCUT2D eigenvalue weighted by atomic mass is 10.2. The first-order valence-electron chi connectivity index (χ1n) is 7.92. The summed E-state index contributed by atoms with van der Waals surface area (Å²) in [5.74, 6) is -0.953. The Labute approximate surface area is 152 Å². The molecule has 0 aliphatic rings. The number of carbonyl (C=O) groups is 2. The normalized spacial score (nSPS) is 11.2. The molecule has 0 bridgehead atoms. The molecule has 2 rings (SSSR count). The van der Waals surface area contributed by atoms with Crippen molar-refractivity contribution in [2.75, 3.05) is 25.5 Å². The van der Waals surface area contributed by atoms with Gasteiger partial charge in [0.05, 0.1) is 24.1 Å². The van der Waals surface area contributed by atoms with Crippen molar-refractivity contribution in [2.24, 2.45) is 0 Å². The van der Waals surface area contributed by atoms with E-state index in [1.54, 1.807) is 37.3 Å². The van der Waals surface area contributed by atoms with Gasteiger partial charge in [-0.25, -0.2) is 13.2 Å². The fourth-order valence-corrected chi connectivity index (χ4v) is 3.70. The molecule has 0 fully saturated rings. The van der Waals surface area contributed by atoms with Gasteiger partial charge in [0.2, 0.25) is 15.9 Å². The number of rotatable bonds is 7. The van der Waals surface area contributed by atoms with Crippen molar-refractivity contribution in [3.63, 3.8) is 0 Å². The van der Waals surface area contributed by atoms with Gasteiger partial charge < -0.3 is 10.1 Å². The van der Waals surface area contributed by atoms with Gasteiger partial charge in [0, 0.05) is 12.2 Å². The van der Waals surface area contributed by atoms with Gasteiger partial charge in [0.15, 0.2) is 0 Å². The van der Waals surface area contributed by atoms with Gasteiger partial charge in [-0.2, -0.15) is 4.31 Å². The highest BCUT2D eigenvalue weighted by Gasteiger charge is 2.25. The van der Waals surface area contributed by atoms with Gasteiger partial charge in [-0.3, -0.25) is 4.79 Å². The van der Waals surface area contributed by atoms with Crippen LogP contribution in [0.3, 0.4) is 0 Å². The lowest BCUT2D eigenvalue weighted by Crippen LogP contribution is -2.37. The molecular formula is C18H20N2O5S. The van der Waals surface area contributed by atoms with Crippen LogP contribution in [0.2, 0.25) is 0 Å². The highest BCUT2D eigenvalue weighted by atomic mass is 32.2. The van der Waals surface area contributed by atoms with Crippen LogP contribution in [0, 0.1) is 0 Å². The number of benzene rings is 2. The number of likely N-dealkylation sites (N-methyl/N-ethyl adjacent to an activating group) is 1. The van der Waals surface area contributed by atoms with Crippen LogP contribution < -0.4 is 5.32 Å². The Balaban J connectivity index is 2.06. The van der Waals surface area contributed by atoms with Crippen molar-refractivity contribution in [1.29, 1.82) is 0 Å². The van der Waals surface area contributed by atoms with Crippen molar-refractivity contribution in [3.8, 4) is 0 Å². The third-order valence-corrected chi connectivity index (χ3v) is 5.58. The van der Waals surface area contributed by atoms with Crippen LogP contribution in [0.4, 0.5) is 5.69 Å². The molecule has 0 saturated carbocycles. The summed E-state index contributed by atoms with van der Waals surface area (Å²) in [7, 11) is -2.47. The van der Waals surface area contributed by atoms with Crippen LogP contribution in [0.1, 0.15) is 17.3 Å². The van der Waals surface area contributed by atoms with E-state index in [0.717, 1.165) is 4.31 Å². The van der Waals surface area contributed by atoms with Crippen molar-refractivity contribution in [1.82, 2.24) is 4.31 Å². The summed E-state index contributed by atoms with van der Waals surface area (Å²) >= 11 is 0. The second kappa shape index (κ2) is 8.59. The van der Waals surface area contributed by atoms with Gasteiger partial charge in [-0.15, -0.1) is 0 Å². The predicted molar refractivity (Wildman–Crippen MR) is 97.3 cm³/mol. The maximum absolute atomic E-state index is 12.6. The van der Waals surface area contributed by atoms with E-state index in [9.17, 15) is 18.0 Å². The first-order valence-corrected chi connectivity index (χ1v) is 9.36. The summed E-state index contributed by atoms with van der Waals surface area (Å²) in [5.41, 5.74) is 0.808. The van der Waals surface area contributed by atoms with E-state index < -0.39 is 21.9 Å². The van der Waals surface area contributed by atoms with E-state index in [2.05, 4.69) is 10.1 Å². The van der Waals surface area contributed by atoms with Crippen LogP contribution in [0.5, 0.6) is 0 Å². The maximum atomic E-state index is 12.6. The zero-order valence-electron chi connectivity index (χ0n) is 14.5. The lowest BCUT2D eigenvalue weighted by Gasteiger charge is -2.20. The zero-order valence-corrected chi connectivity index (χ0v) is 15.3. The molecule has 2 aromatic carbocycles. The topological polar surface area (TPSA) is 92.8 Å². The predicted octanol–water partition coefficient (Wildman–Crippen LogP) is 2.12. The molecular weight excluding hydrogens is 356 g/mol. The molecule has 0 unspecified atom stereocenters. The van der Waals surface area contributed by atoms with Gasteiger partial charge in [-0.1, -0.05) is 25.1 Å². The first kappa shape index (κ1) is 19.6. The van der Waals surface area contributed by atoms with Crippen LogP contribution in [0.15, 0.2) is 59.5 Å². The fourth-order valence-electron chi connectivity index (χ4n) is 2.28. The minimum Gasteiger partial charge on any atom is -0.465 e. The van der Waals surface area contributed by atoms with E-state index in [-0.39, 0.29) is 18.0 Å². The molecule has 0 aliphatic heterocycles.